The lowest BCUT2D eigenvalue weighted by Crippen LogP contribution is -2.35. The number of carboxylic acid groups (broad SMARTS) is 1. The summed E-state index contributed by atoms with van der Waals surface area (Å²) < 4.78 is 5.69. The highest BCUT2D eigenvalue weighted by Crippen LogP contribution is 2.24. The zero-order valence-electron chi connectivity index (χ0n) is 11.5. The fraction of sp³-hybridized carbons (Fsp3) is 0.188. The van der Waals surface area contributed by atoms with E-state index in [1.54, 1.807) is 18.9 Å². The van der Waals surface area contributed by atoms with Gasteiger partial charge in [0.25, 0.3) is 0 Å². The van der Waals surface area contributed by atoms with Gasteiger partial charge in [-0.2, -0.15) is 0 Å². The molecule has 0 aliphatic heterocycles. The summed E-state index contributed by atoms with van der Waals surface area (Å²) in [6.07, 6.45) is 0. The van der Waals surface area contributed by atoms with Crippen molar-refractivity contribution in [3.05, 3.63) is 54.6 Å². The second-order valence-electron chi connectivity index (χ2n) is 4.53. The number of hydrogen-bond donors (Lipinski definition) is 1. The molecule has 0 heterocycles. The molecule has 0 spiro atoms. The number of likely N-dealkylation sites (N-methyl/N-ethyl adjacent to an activating group) is 1. The third kappa shape index (κ3) is 3.29. The van der Waals surface area contributed by atoms with Crippen molar-refractivity contribution >= 4 is 11.7 Å². The summed E-state index contributed by atoms with van der Waals surface area (Å²) in [5, 5.41) is 9.00. The van der Waals surface area contributed by atoms with Gasteiger partial charge < -0.3 is 14.7 Å². The Hall–Kier alpha value is -2.49. The van der Waals surface area contributed by atoms with E-state index in [4.69, 9.17) is 9.84 Å². The molecule has 0 aromatic heterocycles. The number of ether oxygens (including phenoxy) is 1. The Morgan fingerprint density at radius 3 is 2.15 bits per heavy atom. The first-order chi connectivity index (χ1) is 9.58. The summed E-state index contributed by atoms with van der Waals surface area (Å²) >= 11 is 0. The molecule has 1 atom stereocenters. The molecule has 0 unspecified atom stereocenters. The average molecular weight is 271 g/mol. The molecule has 0 fully saturated rings. The van der Waals surface area contributed by atoms with Crippen molar-refractivity contribution in [3.63, 3.8) is 0 Å². The summed E-state index contributed by atoms with van der Waals surface area (Å²) in [7, 11) is 1.76. The zero-order valence-corrected chi connectivity index (χ0v) is 11.5. The summed E-state index contributed by atoms with van der Waals surface area (Å²) in [6.45, 7) is 1.65. The standard InChI is InChI=1S/C16H17NO3/c1-12(16(18)19)17(2)13-8-10-15(11-9-13)20-14-6-4-3-5-7-14/h3-12H,1-2H3,(H,18,19)/t12-/m0/s1. The van der Waals surface area contributed by atoms with Gasteiger partial charge in [0.1, 0.15) is 17.5 Å². The minimum absolute atomic E-state index is 0.573. The molecule has 104 valence electrons. The van der Waals surface area contributed by atoms with Crippen molar-refractivity contribution in [2.24, 2.45) is 0 Å². The van der Waals surface area contributed by atoms with Crippen molar-refractivity contribution in [1.29, 1.82) is 0 Å². The highest BCUT2D eigenvalue weighted by molar-refractivity contribution is 5.77. The molecular weight excluding hydrogens is 254 g/mol. The molecule has 0 amide bonds. The van der Waals surface area contributed by atoms with Crippen LogP contribution in [0.4, 0.5) is 5.69 Å². The Balaban J connectivity index is 2.08. The molecule has 0 radical (unpaired) electrons. The fourth-order valence-corrected chi connectivity index (χ4v) is 1.76. The van der Waals surface area contributed by atoms with E-state index in [0.717, 1.165) is 17.2 Å². The van der Waals surface area contributed by atoms with Crippen LogP contribution in [0.5, 0.6) is 11.5 Å². The Morgan fingerprint density at radius 1 is 1.05 bits per heavy atom. The van der Waals surface area contributed by atoms with E-state index < -0.39 is 12.0 Å². The van der Waals surface area contributed by atoms with Gasteiger partial charge in [0.15, 0.2) is 0 Å². The molecule has 0 aliphatic carbocycles. The summed E-state index contributed by atoms with van der Waals surface area (Å²) in [5.74, 6) is 0.640. The number of nitrogens with zero attached hydrogens (tertiary/aromatic N) is 1. The van der Waals surface area contributed by atoms with Gasteiger partial charge >= 0.3 is 5.97 Å². The van der Waals surface area contributed by atoms with Gasteiger partial charge in [-0.15, -0.1) is 0 Å². The number of carboxylic acids is 1. The topological polar surface area (TPSA) is 49.8 Å². The maximum Gasteiger partial charge on any atom is 0.326 e. The lowest BCUT2D eigenvalue weighted by atomic mass is 10.2. The van der Waals surface area contributed by atoms with Crippen LogP contribution in [0, 0.1) is 0 Å². The number of carbonyl (C=O) groups is 1. The van der Waals surface area contributed by atoms with E-state index in [1.807, 2.05) is 54.6 Å². The third-order valence-electron chi connectivity index (χ3n) is 3.16. The first-order valence-electron chi connectivity index (χ1n) is 6.36. The number of rotatable bonds is 5. The van der Waals surface area contributed by atoms with E-state index in [9.17, 15) is 4.79 Å². The van der Waals surface area contributed by atoms with Gasteiger partial charge in [0, 0.05) is 12.7 Å². The molecule has 0 saturated heterocycles. The maximum atomic E-state index is 11.0. The quantitative estimate of drug-likeness (QED) is 0.905. The minimum atomic E-state index is -0.850. The molecule has 2 rings (SSSR count). The monoisotopic (exact) mass is 271 g/mol. The van der Waals surface area contributed by atoms with E-state index in [0.29, 0.717) is 0 Å². The summed E-state index contributed by atoms with van der Waals surface area (Å²) in [6, 6.07) is 16.3. The molecule has 4 nitrogen and oxygen atoms in total. The van der Waals surface area contributed by atoms with Crippen LogP contribution in [0.15, 0.2) is 54.6 Å². The number of benzene rings is 2. The molecule has 0 bridgehead atoms. The van der Waals surface area contributed by atoms with Crippen LogP contribution in [0.25, 0.3) is 0 Å². The average Bonchev–Trinajstić information content (AvgIpc) is 2.47. The maximum absolute atomic E-state index is 11.0. The van der Waals surface area contributed by atoms with Crippen LogP contribution < -0.4 is 9.64 Å². The molecule has 20 heavy (non-hydrogen) atoms. The van der Waals surface area contributed by atoms with E-state index in [1.165, 1.54) is 0 Å². The molecule has 2 aromatic rings. The molecule has 2 aromatic carbocycles. The normalized spacial score (nSPS) is 11.7. The highest BCUT2D eigenvalue weighted by Gasteiger charge is 2.16. The summed E-state index contributed by atoms with van der Waals surface area (Å²) in [5.41, 5.74) is 0.834. The lowest BCUT2D eigenvalue weighted by Gasteiger charge is -2.23. The van der Waals surface area contributed by atoms with Gasteiger partial charge in [0.2, 0.25) is 0 Å². The third-order valence-corrected chi connectivity index (χ3v) is 3.16. The Labute approximate surface area is 118 Å². The van der Waals surface area contributed by atoms with E-state index in [2.05, 4.69) is 0 Å². The van der Waals surface area contributed by atoms with Crippen LogP contribution in [-0.2, 0) is 4.79 Å². The highest BCUT2D eigenvalue weighted by atomic mass is 16.5. The second kappa shape index (κ2) is 6.10. The van der Waals surface area contributed by atoms with Crippen molar-refractivity contribution in [3.8, 4) is 11.5 Å². The van der Waals surface area contributed by atoms with Crippen molar-refractivity contribution in [1.82, 2.24) is 0 Å². The minimum Gasteiger partial charge on any atom is -0.480 e. The first kappa shape index (κ1) is 13.9. The van der Waals surface area contributed by atoms with Crippen LogP contribution in [0.3, 0.4) is 0 Å². The van der Waals surface area contributed by atoms with E-state index >= 15 is 0 Å². The van der Waals surface area contributed by atoms with Crippen LogP contribution in [-0.4, -0.2) is 24.2 Å². The van der Waals surface area contributed by atoms with Gasteiger partial charge in [-0.05, 0) is 43.3 Å². The van der Waals surface area contributed by atoms with Crippen LogP contribution in [0.1, 0.15) is 6.92 Å². The summed E-state index contributed by atoms with van der Waals surface area (Å²) in [4.78, 5) is 12.7. The number of aliphatic carboxylic acids is 1. The van der Waals surface area contributed by atoms with Crippen LogP contribution in [0.2, 0.25) is 0 Å². The van der Waals surface area contributed by atoms with Gasteiger partial charge in [0.05, 0.1) is 0 Å². The predicted molar refractivity (Wildman–Crippen MR) is 78.5 cm³/mol. The van der Waals surface area contributed by atoms with Gasteiger partial charge in [-0.25, -0.2) is 4.79 Å². The Kier molecular flexibility index (Phi) is 4.25. The SMILES string of the molecule is C[C@@H](C(=O)O)N(C)c1ccc(Oc2ccccc2)cc1. The Bertz CT molecular complexity index is 566. The van der Waals surface area contributed by atoms with Gasteiger partial charge in [-0.1, -0.05) is 18.2 Å². The molecule has 0 aliphatic rings. The van der Waals surface area contributed by atoms with Crippen molar-refractivity contribution in [2.75, 3.05) is 11.9 Å². The fourth-order valence-electron chi connectivity index (χ4n) is 1.76. The Morgan fingerprint density at radius 2 is 1.60 bits per heavy atom. The van der Waals surface area contributed by atoms with E-state index in [-0.39, 0.29) is 0 Å². The first-order valence-corrected chi connectivity index (χ1v) is 6.36. The molecular formula is C16H17NO3. The predicted octanol–water partition coefficient (Wildman–Crippen LogP) is 3.39. The largest absolute Gasteiger partial charge is 0.480 e. The smallest absolute Gasteiger partial charge is 0.326 e. The second-order valence-corrected chi connectivity index (χ2v) is 4.53. The lowest BCUT2D eigenvalue weighted by molar-refractivity contribution is -0.138. The number of anilines is 1. The van der Waals surface area contributed by atoms with Gasteiger partial charge in [-0.3, -0.25) is 0 Å². The molecule has 0 saturated carbocycles. The number of hydrogen-bond acceptors (Lipinski definition) is 3. The van der Waals surface area contributed by atoms with Crippen molar-refractivity contribution in [2.45, 2.75) is 13.0 Å². The zero-order chi connectivity index (χ0) is 14.5. The number of para-hydroxylation sites is 1. The molecule has 4 heteroatoms. The van der Waals surface area contributed by atoms with Crippen LogP contribution >= 0.6 is 0 Å². The molecule has 1 N–H and O–H groups in total. The van der Waals surface area contributed by atoms with Crippen molar-refractivity contribution < 1.29 is 14.6 Å².